The molecule has 7 rings (SSSR count). The summed E-state index contributed by atoms with van der Waals surface area (Å²) in [5, 5.41) is 130. The van der Waals surface area contributed by atoms with Crippen LogP contribution < -0.4 is 4.74 Å². The van der Waals surface area contributed by atoms with E-state index in [0.29, 0.717) is 5.56 Å². The molecule has 4 aliphatic heterocycles. The highest BCUT2D eigenvalue weighted by Crippen LogP contribution is 2.42. The molecule has 0 bridgehead atoms. The van der Waals surface area contributed by atoms with Gasteiger partial charge in [-0.2, -0.15) is 0 Å². The van der Waals surface area contributed by atoms with E-state index in [2.05, 4.69) is 0 Å². The van der Waals surface area contributed by atoms with Crippen molar-refractivity contribution in [2.24, 2.45) is 0 Å². The van der Waals surface area contributed by atoms with E-state index < -0.39 is 173 Å². The van der Waals surface area contributed by atoms with Crippen molar-refractivity contribution in [2.45, 2.75) is 123 Å². The second-order valence-corrected chi connectivity index (χ2v) is 18.6. The molecular weight excluding hydrogens is 1070 g/mol. The van der Waals surface area contributed by atoms with Crippen LogP contribution in [0.3, 0.4) is 0 Å². The van der Waals surface area contributed by atoms with Gasteiger partial charge >= 0.3 is 23.9 Å². The minimum Gasteiger partial charge on any atom is -0.508 e. The number of hydrogen-bond acceptors (Lipinski definition) is 28. The highest BCUT2D eigenvalue weighted by Gasteiger charge is 2.64. The van der Waals surface area contributed by atoms with Gasteiger partial charge < -0.3 is 118 Å². The van der Waals surface area contributed by atoms with Gasteiger partial charge in [0.05, 0.1) is 39.1 Å². The average molecular weight is 1140 g/mol. The normalized spacial score (nSPS) is 34.5. The van der Waals surface area contributed by atoms with Crippen molar-refractivity contribution in [3.8, 4) is 17.2 Å². The molecule has 19 atom stereocenters. The molecule has 12 N–H and O–H groups in total. The van der Waals surface area contributed by atoms with E-state index in [0.717, 1.165) is 19.1 Å². The molecule has 28 heteroatoms. The first-order chi connectivity index (χ1) is 38.2. The molecule has 28 nitrogen and oxygen atoms in total. The number of ether oxygens (including phenoxy) is 12. The lowest BCUT2D eigenvalue weighted by Crippen LogP contribution is -2.69. The first-order valence-corrected chi connectivity index (χ1v) is 24.7. The van der Waals surface area contributed by atoms with Gasteiger partial charge in [0.25, 0.3) is 0 Å². The van der Waals surface area contributed by atoms with Crippen LogP contribution in [-0.2, 0) is 66.5 Å². The SMILES string of the molecule is COc1cc(/C=C/C(=O)O[C@H]2[C@@H](O[C@@H]3O[C@H](CO)[C@@H](O)[C@H](OC(C)=O)[C@H]3O)[C@@H](O[C@@H]3O[C@H](CO)[C@@H](O)[C@H](O)[C@H]3O)[C@@H](O[C@]3(COC(=O)/C=C/c4ccc(O)cc4)O[C@H](CO)[C@@H](O)[C@H]3OC(=O)c3ccccc3)O[C@@H]2CO)ccc1O. The third kappa shape index (κ3) is 14.2. The van der Waals surface area contributed by atoms with E-state index in [9.17, 15) is 80.5 Å². The molecule has 4 heterocycles. The number of aliphatic hydroxyl groups is 10. The van der Waals surface area contributed by atoms with Crippen LogP contribution in [0.25, 0.3) is 12.2 Å². The molecular formula is C52H62O28. The van der Waals surface area contributed by atoms with Crippen molar-refractivity contribution in [3.63, 3.8) is 0 Å². The van der Waals surface area contributed by atoms with Gasteiger partial charge in [0.15, 0.2) is 48.7 Å². The van der Waals surface area contributed by atoms with Crippen LogP contribution in [0.5, 0.6) is 17.2 Å². The Labute approximate surface area is 454 Å². The van der Waals surface area contributed by atoms with Crippen molar-refractivity contribution in [1.29, 1.82) is 0 Å². The summed E-state index contributed by atoms with van der Waals surface area (Å²) >= 11 is 0. The third-order valence-electron chi connectivity index (χ3n) is 13.1. The smallest absolute Gasteiger partial charge is 0.338 e. The Morgan fingerprint density at radius 1 is 0.575 bits per heavy atom. The summed E-state index contributed by atoms with van der Waals surface area (Å²) in [6, 6.07) is 16.7. The molecule has 0 aromatic heterocycles. The topological polar surface area (TPSA) is 422 Å². The lowest BCUT2D eigenvalue weighted by molar-refractivity contribution is -0.421. The molecule has 3 aromatic rings. The molecule has 0 unspecified atom stereocenters. The Morgan fingerprint density at radius 2 is 1.16 bits per heavy atom. The lowest BCUT2D eigenvalue weighted by Gasteiger charge is -2.50. The number of carbonyl (C=O) groups is 4. The number of hydrogen-bond donors (Lipinski definition) is 12. The number of rotatable bonds is 21. The average Bonchev–Trinajstić information content (AvgIpc) is 3.73. The molecule has 0 saturated carbocycles. The van der Waals surface area contributed by atoms with Gasteiger partial charge in [-0.3, -0.25) is 4.79 Å². The molecule has 4 fully saturated rings. The largest absolute Gasteiger partial charge is 0.508 e. The van der Waals surface area contributed by atoms with E-state index in [4.69, 9.17) is 56.8 Å². The fourth-order valence-corrected chi connectivity index (χ4v) is 9.00. The summed E-state index contributed by atoms with van der Waals surface area (Å²) in [4.78, 5) is 53.7. The van der Waals surface area contributed by atoms with Gasteiger partial charge in [0.1, 0.15) is 85.6 Å². The number of phenols is 2. The van der Waals surface area contributed by atoms with Crippen LogP contribution in [0.15, 0.2) is 84.9 Å². The molecule has 4 aliphatic rings. The number of benzene rings is 3. The van der Waals surface area contributed by atoms with Gasteiger partial charge in [-0.25, -0.2) is 14.4 Å². The van der Waals surface area contributed by atoms with Gasteiger partial charge in [0.2, 0.25) is 5.79 Å². The number of carbonyl (C=O) groups excluding carboxylic acids is 4. The van der Waals surface area contributed by atoms with E-state index >= 15 is 0 Å². The van der Waals surface area contributed by atoms with E-state index in [-0.39, 0.29) is 28.4 Å². The summed E-state index contributed by atoms with van der Waals surface area (Å²) in [5.74, 6) is -7.79. The monoisotopic (exact) mass is 1130 g/mol. The first-order valence-electron chi connectivity index (χ1n) is 24.7. The van der Waals surface area contributed by atoms with Crippen molar-refractivity contribution in [1.82, 2.24) is 0 Å². The van der Waals surface area contributed by atoms with Gasteiger partial charge in [-0.05, 0) is 59.7 Å². The minimum atomic E-state index is -2.89. The second-order valence-electron chi connectivity index (χ2n) is 18.6. The van der Waals surface area contributed by atoms with Crippen molar-refractivity contribution < 1.29 is 137 Å². The number of aromatic hydroxyl groups is 2. The molecule has 80 heavy (non-hydrogen) atoms. The summed E-state index contributed by atoms with van der Waals surface area (Å²) in [5.41, 5.74) is 0.568. The van der Waals surface area contributed by atoms with Crippen LogP contribution in [0.2, 0.25) is 0 Å². The Bertz CT molecular complexity index is 2600. The maximum absolute atomic E-state index is 14.0. The van der Waals surface area contributed by atoms with Gasteiger partial charge in [-0.15, -0.1) is 0 Å². The number of methoxy groups -OCH3 is 1. The van der Waals surface area contributed by atoms with Crippen molar-refractivity contribution in [3.05, 3.63) is 102 Å². The molecule has 4 saturated heterocycles. The van der Waals surface area contributed by atoms with Crippen molar-refractivity contribution >= 4 is 36.0 Å². The van der Waals surface area contributed by atoms with Crippen LogP contribution in [-0.4, -0.2) is 242 Å². The maximum Gasteiger partial charge on any atom is 0.338 e. The van der Waals surface area contributed by atoms with Crippen LogP contribution in [0, 0.1) is 0 Å². The molecule has 0 amide bonds. The fraction of sp³-hybridized carbons (Fsp3) is 0.500. The summed E-state index contributed by atoms with van der Waals surface area (Å²) in [6.45, 7) is -4.52. The molecule has 0 aliphatic carbocycles. The summed E-state index contributed by atoms with van der Waals surface area (Å²) < 4.78 is 70.6. The molecule has 0 spiro atoms. The molecule has 3 aromatic carbocycles. The van der Waals surface area contributed by atoms with Gasteiger partial charge in [0, 0.05) is 19.1 Å². The highest BCUT2D eigenvalue weighted by atomic mass is 16.8. The Balaban J connectivity index is 1.37. The predicted octanol–water partition coefficient (Wildman–Crippen LogP) is -3.36. The summed E-state index contributed by atoms with van der Waals surface area (Å²) in [6.07, 6.45) is -33.0. The van der Waals surface area contributed by atoms with E-state index in [1.165, 1.54) is 86.0 Å². The first kappa shape index (κ1) is 61.4. The number of esters is 4. The molecule has 438 valence electrons. The Morgan fingerprint density at radius 3 is 1.80 bits per heavy atom. The molecule has 0 radical (unpaired) electrons. The zero-order valence-corrected chi connectivity index (χ0v) is 42.6. The predicted molar refractivity (Wildman–Crippen MR) is 262 cm³/mol. The lowest BCUT2D eigenvalue weighted by atomic mass is 9.95. The number of aliphatic hydroxyl groups excluding tert-OH is 10. The van der Waals surface area contributed by atoms with E-state index in [1.54, 1.807) is 6.07 Å². The Kier molecular flexibility index (Phi) is 21.1. The van der Waals surface area contributed by atoms with Crippen molar-refractivity contribution in [2.75, 3.05) is 40.1 Å². The number of phenolic OH excluding ortho intramolecular Hbond substituents is 2. The van der Waals surface area contributed by atoms with E-state index in [1.807, 2.05) is 0 Å². The van der Waals surface area contributed by atoms with Crippen LogP contribution in [0.1, 0.15) is 28.4 Å². The van der Waals surface area contributed by atoms with Crippen LogP contribution >= 0.6 is 0 Å². The summed E-state index contributed by atoms with van der Waals surface area (Å²) in [7, 11) is 1.27. The standard InChI is InChI=1S/C52H62O28/c1-24(57)71-44-38(63)32(20-54)73-50(42(44)67)76-45-43(75-36(61)17-12-26-10-15-29(59)30(18-26)69-2)34(22-56)74-51(46(45)77-49-41(66)40(65)37(62)31(19-53)72-49)80-52(23-70-35(60)16-11-25-8-13-28(58)14-9-25)47(39(64)33(21-55)79-52)78-48(68)27-6-4-3-5-7-27/h3-18,31-34,37-47,49-51,53-56,58-59,62-67H,19-23H2,1-2H3/b16-11+,17-12+/t31-,32-,33-,34-,37-,38-,39-,40+,41-,42-,43-,44+,45-,46-,47-,49+,50+,51-,52+/m1/s1. The highest BCUT2D eigenvalue weighted by molar-refractivity contribution is 5.90. The minimum absolute atomic E-state index is 0.0119. The third-order valence-corrected chi connectivity index (χ3v) is 13.1. The van der Waals surface area contributed by atoms with Gasteiger partial charge in [-0.1, -0.05) is 36.4 Å². The maximum atomic E-state index is 14.0. The zero-order valence-electron chi connectivity index (χ0n) is 42.6. The zero-order chi connectivity index (χ0) is 58.0. The van der Waals surface area contributed by atoms with Crippen LogP contribution in [0.4, 0.5) is 0 Å². The quantitative estimate of drug-likeness (QED) is 0.0281. The Hall–Kier alpha value is -6.26. The fourth-order valence-electron chi connectivity index (χ4n) is 9.00. The second kappa shape index (κ2) is 27.5.